The number of hydrogen-bond acceptors (Lipinski definition) is 2. The van der Waals surface area contributed by atoms with Crippen LogP contribution in [-0.2, 0) is 0 Å². The molecule has 0 fully saturated rings. The van der Waals surface area contributed by atoms with Gasteiger partial charge >= 0.3 is 0 Å². The van der Waals surface area contributed by atoms with Crippen LogP contribution in [0.4, 0.5) is 8.78 Å². The van der Waals surface area contributed by atoms with E-state index in [0.717, 1.165) is 6.07 Å². The number of aldehydes is 1. The molecule has 0 saturated carbocycles. The van der Waals surface area contributed by atoms with E-state index in [2.05, 4.69) is 0 Å². The molecule has 0 aliphatic carbocycles. The van der Waals surface area contributed by atoms with Crippen LogP contribution in [0.3, 0.4) is 0 Å². The van der Waals surface area contributed by atoms with Gasteiger partial charge in [-0.15, -0.1) is 0 Å². The van der Waals surface area contributed by atoms with Gasteiger partial charge in [0.05, 0.1) is 5.56 Å². The molecule has 0 radical (unpaired) electrons. The summed E-state index contributed by atoms with van der Waals surface area (Å²) in [6.07, 6.45) is 0.509. The molecule has 4 heteroatoms. The fourth-order valence-corrected chi connectivity index (χ4v) is 1.51. The number of hydrogen-bond donors (Lipinski definition) is 0. The summed E-state index contributed by atoms with van der Waals surface area (Å²) in [6.45, 7) is 1.60. The minimum absolute atomic E-state index is 0.108. The van der Waals surface area contributed by atoms with Crippen LogP contribution in [0.1, 0.15) is 15.9 Å². The van der Waals surface area contributed by atoms with Gasteiger partial charge in [0, 0.05) is 0 Å². The topological polar surface area (TPSA) is 26.3 Å². The average Bonchev–Trinajstić information content (AvgIpc) is 2.36. The molecular formula is C14H10F2O2. The van der Waals surface area contributed by atoms with Crippen LogP contribution in [0.15, 0.2) is 36.4 Å². The van der Waals surface area contributed by atoms with E-state index in [-0.39, 0.29) is 17.1 Å². The smallest absolute Gasteiger partial charge is 0.153 e. The molecule has 0 aromatic heterocycles. The minimum atomic E-state index is -0.514. The van der Waals surface area contributed by atoms with E-state index in [0.29, 0.717) is 17.6 Å². The maximum atomic E-state index is 13.1. The summed E-state index contributed by atoms with van der Waals surface area (Å²) in [4.78, 5) is 10.8. The predicted octanol–water partition coefficient (Wildman–Crippen LogP) is 3.88. The first-order valence-electron chi connectivity index (χ1n) is 5.29. The van der Waals surface area contributed by atoms with E-state index >= 15 is 0 Å². The first-order valence-corrected chi connectivity index (χ1v) is 5.29. The van der Waals surface area contributed by atoms with Crippen molar-refractivity contribution in [1.29, 1.82) is 0 Å². The third-order valence-corrected chi connectivity index (χ3v) is 2.46. The lowest BCUT2D eigenvalue weighted by Gasteiger charge is -2.08. The molecule has 0 spiro atoms. The Labute approximate surface area is 103 Å². The molecule has 18 heavy (non-hydrogen) atoms. The third kappa shape index (κ3) is 2.53. The van der Waals surface area contributed by atoms with Crippen LogP contribution >= 0.6 is 0 Å². The number of aryl methyl sites for hydroxylation is 1. The minimum Gasteiger partial charge on any atom is -0.457 e. The van der Waals surface area contributed by atoms with Crippen LogP contribution in [0, 0.1) is 18.6 Å². The summed E-state index contributed by atoms with van der Waals surface area (Å²) in [7, 11) is 0. The van der Waals surface area contributed by atoms with Gasteiger partial charge in [0.1, 0.15) is 23.1 Å². The second kappa shape index (κ2) is 4.96. The van der Waals surface area contributed by atoms with Gasteiger partial charge in [-0.1, -0.05) is 0 Å². The lowest BCUT2D eigenvalue weighted by Crippen LogP contribution is -1.92. The van der Waals surface area contributed by atoms with E-state index in [1.165, 1.54) is 30.3 Å². The second-order valence-corrected chi connectivity index (χ2v) is 3.81. The van der Waals surface area contributed by atoms with E-state index in [1.54, 1.807) is 6.92 Å². The Morgan fingerprint density at radius 3 is 2.56 bits per heavy atom. The van der Waals surface area contributed by atoms with Crippen molar-refractivity contribution in [3.05, 3.63) is 59.2 Å². The van der Waals surface area contributed by atoms with Crippen LogP contribution < -0.4 is 4.74 Å². The number of ether oxygens (including phenoxy) is 1. The standard InChI is InChI=1S/C14H10F2O2/c1-9-6-12(3-4-13(9)16)18-14-5-2-11(15)7-10(14)8-17/h2-8H,1H3. The lowest BCUT2D eigenvalue weighted by atomic mass is 10.2. The van der Waals surface area contributed by atoms with E-state index in [4.69, 9.17) is 4.74 Å². The lowest BCUT2D eigenvalue weighted by molar-refractivity contribution is 0.112. The molecular weight excluding hydrogens is 238 g/mol. The summed E-state index contributed by atoms with van der Waals surface area (Å²) in [5, 5.41) is 0. The molecule has 0 unspecified atom stereocenters. The summed E-state index contributed by atoms with van der Waals surface area (Å²) >= 11 is 0. The van der Waals surface area contributed by atoms with Crippen molar-refractivity contribution >= 4 is 6.29 Å². The Hall–Kier alpha value is -2.23. The van der Waals surface area contributed by atoms with Crippen molar-refractivity contribution in [1.82, 2.24) is 0 Å². The normalized spacial score (nSPS) is 10.2. The van der Waals surface area contributed by atoms with E-state index in [1.807, 2.05) is 0 Å². The fraction of sp³-hybridized carbons (Fsp3) is 0.0714. The molecule has 0 heterocycles. The predicted molar refractivity (Wildman–Crippen MR) is 63.0 cm³/mol. The van der Waals surface area contributed by atoms with Crippen molar-refractivity contribution < 1.29 is 18.3 Å². The summed E-state index contributed by atoms with van der Waals surface area (Å²) < 4.78 is 31.4. The highest BCUT2D eigenvalue weighted by Crippen LogP contribution is 2.26. The summed E-state index contributed by atoms with van der Waals surface area (Å²) in [6, 6.07) is 7.86. The van der Waals surface area contributed by atoms with Crippen molar-refractivity contribution in [3.63, 3.8) is 0 Å². The SMILES string of the molecule is Cc1cc(Oc2ccc(F)cc2C=O)ccc1F. The Balaban J connectivity index is 2.33. The zero-order chi connectivity index (χ0) is 13.1. The average molecular weight is 248 g/mol. The quantitative estimate of drug-likeness (QED) is 0.770. The van der Waals surface area contributed by atoms with Crippen LogP contribution in [0.5, 0.6) is 11.5 Å². The Kier molecular flexibility index (Phi) is 3.37. The highest BCUT2D eigenvalue weighted by Gasteiger charge is 2.07. The Morgan fingerprint density at radius 1 is 1.11 bits per heavy atom. The molecule has 2 aromatic carbocycles. The van der Waals surface area contributed by atoms with E-state index in [9.17, 15) is 13.6 Å². The molecule has 0 aliphatic heterocycles. The number of halogens is 2. The number of benzene rings is 2. The number of carbonyl (C=O) groups is 1. The largest absolute Gasteiger partial charge is 0.457 e. The van der Waals surface area contributed by atoms with Gasteiger partial charge in [-0.25, -0.2) is 8.78 Å². The van der Waals surface area contributed by atoms with Crippen LogP contribution in [-0.4, -0.2) is 6.29 Å². The van der Waals surface area contributed by atoms with Crippen molar-refractivity contribution in [3.8, 4) is 11.5 Å². The molecule has 0 bridgehead atoms. The zero-order valence-electron chi connectivity index (χ0n) is 9.61. The number of carbonyl (C=O) groups excluding carboxylic acids is 1. The van der Waals surface area contributed by atoms with Crippen LogP contribution in [0.2, 0.25) is 0 Å². The Bertz CT molecular complexity index is 594. The highest BCUT2D eigenvalue weighted by molar-refractivity contribution is 5.79. The first-order chi connectivity index (χ1) is 8.60. The molecule has 2 rings (SSSR count). The highest BCUT2D eigenvalue weighted by atomic mass is 19.1. The van der Waals surface area contributed by atoms with Crippen molar-refractivity contribution in [2.45, 2.75) is 6.92 Å². The zero-order valence-corrected chi connectivity index (χ0v) is 9.61. The summed E-state index contributed by atoms with van der Waals surface area (Å²) in [5.41, 5.74) is 0.541. The van der Waals surface area contributed by atoms with Gasteiger partial charge in [-0.3, -0.25) is 4.79 Å². The maximum absolute atomic E-state index is 13.1. The van der Waals surface area contributed by atoms with Gasteiger partial charge in [0.2, 0.25) is 0 Å². The molecule has 0 saturated heterocycles. The van der Waals surface area contributed by atoms with Gasteiger partial charge < -0.3 is 4.74 Å². The van der Waals surface area contributed by atoms with Crippen LogP contribution in [0.25, 0.3) is 0 Å². The maximum Gasteiger partial charge on any atom is 0.153 e. The molecule has 2 aromatic rings. The molecule has 0 aliphatic rings. The molecule has 0 atom stereocenters. The molecule has 92 valence electrons. The second-order valence-electron chi connectivity index (χ2n) is 3.81. The summed E-state index contributed by atoms with van der Waals surface area (Å²) in [5.74, 6) is -0.224. The third-order valence-electron chi connectivity index (χ3n) is 2.46. The fourth-order valence-electron chi connectivity index (χ4n) is 1.51. The van der Waals surface area contributed by atoms with Gasteiger partial charge in [-0.2, -0.15) is 0 Å². The first kappa shape index (κ1) is 12.2. The van der Waals surface area contributed by atoms with Gasteiger partial charge in [-0.05, 0) is 48.9 Å². The van der Waals surface area contributed by atoms with Crippen molar-refractivity contribution in [2.24, 2.45) is 0 Å². The molecule has 0 N–H and O–H groups in total. The number of rotatable bonds is 3. The van der Waals surface area contributed by atoms with E-state index < -0.39 is 5.82 Å². The Morgan fingerprint density at radius 2 is 1.89 bits per heavy atom. The molecule has 0 amide bonds. The van der Waals surface area contributed by atoms with Crippen molar-refractivity contribution in [2.75, 3.05) is 0 Å². The molecule has 2 nitrogen and oxygen atoms in total. The van der Waals surface area contributed by atoms with Gasteiger partial charge in [0.25, 0.3) is 0 Å². The monoisotopic (exact) mass is 248 g/mol. The van der Waals surface area contributed by atoms with Gasteiger partial charge in [0.15, 0.2) is 6.29 Å².